The van der Waals surface area contributed by atoms with E-state index < -0.39 is 4.92 Å². The Bertz CT molecular complexity index is 744. The molecule has 126 valence electrons. The standard InChI is InChI=1S/C16H19N5O3/c1-11-9-17-5-4-13(11)19-16(22)12-2-3-14(15(8-12)21(23)24)20-7-6-18-10-20/h2-3,6-8,10-11,13,17H,4-5,9H2,1H3,(H,19,22). The third-order valence-corrected chi connectivity index (χ3v) is 4.32. The van der Waals surface area contributed by atoms with Crippen molar-refractivity contribution in [1.29, 1.82) is 0 Å². The molecule has 2 unspecified atom stereocenters. The highest BCUT2D eigenvalue weighted by atomic mass is 16.6. The van der Waals surface area contributed by atoms with E-state index >= 15 is 0 Å². The van der Waals surface area contributed by atoms with Crippen LogP contribution in [0.15, 0.2) is 36.9 Å². The Morgan fingerprint density at radius 3 is 3.00 bits per heavy atom. The molecule has 2 atom stereocenters. The van der Waals surface area contributed by atoms with Crippen molar-refractivity contribution in [3.63, 3.8) is 0 Å². The smallest absolute Gasteiger partial charge is 0.294 e. The molecule has 0 aliphatic carbocycles. The molecule has 1 aromatic heterocycles. The van der Waals surface area contributed by atoms with Crippen molar-refractivity contribution in [3.05, 3.63) is 52.6 Å². The number of nitro groups is 1. The molecule has 3 rings (SSSR count). The molecule has 0 bridgehead atoms. The van der Waals surface area contributed by atoms with Crippen LogP contribution in [0.4, 0.5) is 5.69 Å². The lowest BCUT2D eigenvalue weighted by Gasteiger charge is -2.30. The number of aromatic nitrogens is 2. The Morgan fingerprint density at radius 2 is 2.33 bits per heavy atom. The average molecular weight is 329 g/mol. The zero-order valence-corrected chi connectivity index (χ0v) is 13.3. The SMILES string of the molecule is CC1CNCCC1NC(=O)c1ccc(-n2ccnc2)c([N+](=O)[O-])c1. The molecule has 2 aromatic rings. The largest absolute Gasteiger partial charge is 0.349 e. The number of hydrogen-bond acceptors (Lipinski definition) is 5. The van der Waals surface area contributed by atoms with Gasteiger partial charge in [-0.1, -0.05) is 6.92 Å². The number of carbonyl (C=O) groups is 1. The number of carbonyl (C=O) groups excluding carboxylic acids is 1. The van der Waals surface area contributed by atoms with E-state index in [0.29, 0.717) is 11.6 Å². The van der Waals surface area contributed by atoms with Crippen LogP contribution >= 0.6 is 0 Å². The van der Waals surface area contributed by atoms with Crippen molar-refractivity contribution in [1.82, 2.24) is 20.2 Å². The van der Waals surface area contributed by atoms with Gasteiger partial charge < -0.3 is 15.2 Å². The van der Waals surface area contributed by atoms with Crippen LogP contribution in [-0.2, 0) is 0 Å². The lowest BCUT2D eigenvalue weighted by atomic mass is 9.95. The van der Waals surface area contributed by atoms with Gasteiger partial charge in [0.05, 0.1) is 11.3 Å². The number of amides is 1. The Morgan fingerprint density at radius 1 is 1.50 bits per heavy atom. The van der Waals surface area contributed by atoms with Crippen molar-refractivity contribution >= 4 is 11.6 Å². The molecule has 0 saturated carbocycles. The molecular weight excluding hydrogens is 310 g/mol. The number of nitrogens with one attached hydrogen (secondary N) is 2. The van der Waals surface area contributed by atoms with Crippen molar-refractivity contribution in [2.45, 2.75) is 19.4 Å². The third kappa shape index (κ3) is 3.28. The number of nitro benzene ring substituents is 1. The Kier molecular flexibility index (Phi) is 4.57. The monoisotopic (exact) mass is 329 g/mol. The van der Waals surface area contributed by atoms with Gasteiger partial charge in [0.15, 0.2) is 0 Å². The molecule has 24 heavy (non-hydrogen) atoms. The fourth-order valence-corrected chi connectivity index (χ4v) is 2.91. The summed E-state index contributed by atoms with van der Waals surface area (Å²) in [5, 5.41) is 17.6. The molecule has 1 aliphatic rings. The summed E-state index contributed by atoms with van der Waals surface area (Å²) >= 11 is 0. The van der Waals surface area contributed by atoms with Gasteiger partial charge in [-0.2, -0.15) is 0 Å². The first-order valence-corrected chi connectivity index (χ1v) is 7.84. The second kappa shape index (κ2) is 6.79. The first-order valence-electron chi connectivity index (χ1n) is 7.84. The molecule has 2 N–H and O–H groups in total. The molecule has 1 saturated heterocycles. The molecule has 2 heterocycles. The van der Waals surface area contributed by atoms with Crippen LogP contribution in [0.25, 0.3) is 5.69 Å². The number of piperidine rings is 1. The van der Waals surface area contributed by atoms with Gasteiger partial charge in [0.2, 0.25) is 0 Å². The Hall–Kier alpha value is -2.74. The summed E-state index contributed by atoms with van der Waals surface area (Å²) in [5.74, 6) is 0.0388. The fourth-order valence-electron chi connectivity index (χ4n) is 2.91. The highest BCUT2D eigenvalue weighted by Crippen LogP contribution is 2.24. The van der Waals surface area contributed by atoms with Gasteiger partial charge in [-0.25, -0.2) is 4.98 Å². The van der Waals surface area contributed by atoms with Crippen molar-refractivity contribution in [2.24, 2.45) is 5.92 Å². The van der Waals surface area contributed by atoms with E-state index in [2.05, 4.69) is 22.5 Å². The minimum atomic E-state index is -0.487. The number of hydrogen-bond donors (Lipinski definition) is 2. The molecule has 8 nitrogen and oxygen atoms in total. The summed E-state index contributed by atoms with van der Waals surface area (Å²) in [5.41, 5.74) is 0.541. The van der Waals surface area contributed by atoms with E-state index in [0.717, 1.165) is 19.5 Å². The van der Waals surface area contributed by atoms with Crippen molar-refractivity contribution in [3.8, 4) is 5.69 Å². The van der Waals surface area contributed by atoms with Crippen LogP contribution in [0.5, 0.6) is 0 Å². The molecule has 8 heteroatoms. The number of rotatable bonds is 4. The predicted molar refractivity (Wildman–Crippen MR) is 88.1 cm³/mol. The van der Waals surface area contributed by atoms with Gasteiger partial charge in [0.1, 0.15) is 5.69 Å². The summed E-state index contributed by atoms with van der Waals surface area (Å²) in [7, 11) is 0. The summed E-state index contributed by atoms with van der Waals surface area (Å²) in [6.07, 6.45) is 5.50. The lowest BCUT2D eigenvalue weighted by Crippen LogP contribution is -2.48. The van der Waals surface area contributed by atoms with E-state index in [9.17, 15) is 14.9 Å². The lowest BCUT2D eigenvalue weighted by molar-refractivity contribution is -0.384. The second-order valence-electron chi connectivity index (χ2n) is 5.98. The van der Waals surface area contributed by atoms with E-state index in [-0.39, 0.29) is 23.2 Å². The summed E-state index contributed by atoms with van der Waals surface area (Å²) < 4.78 is 1.55. The predicted octanol–water partition coefficient (Wildman–Crippen LogP) is 1.51. The van der Waals surface area contributed by atoms with Gasteiger partial charge in [0.25, 0.3) is 11.6 Å². The van der Waals surface area contributed by atoms with Gasteiger partial charge in [-0.05, 0) is 37.6 Å². The first kappa shape index (κ1) is 16.1. The molecule has 1 aliphatic heterocycles. The van der Waals surface area contributed by atoms with E-state index in [4.69, 9.17) is 0 Å². The minimum absolute atomic E-state index is 0.0751. The summed E-state index contributed by atoms with van der Waals surface area (Å²) in [6, 6.07) is 4.56. The van der Waals surface area contributed by atoms with E-state index in [1.54, 1.807) is 29.1 Å². The first-order chi connectivity index (χ1) is 11.6. The highest BCUT2D eigenvalue weighted by molar-refractivity contribution is 5.95. The molecule has 1 fully saturated rings. The molecule has 1 amide bonds. The Balaban J connectivity index is 1.84. The average Bonchev–Trinajstić information content (AvgIpc) is 3.10. The number of imidazole rings is 1. The van der Waals surface area contributed by atoms with Gasteiger partial charge in [-0.3, -0.25) is 14.9 Å². The zero-order chi connectivity index (χ0) is 17.1. The van der Waals surface area contributed by atoms with Crippen molar-refractivity contribution in [2.75, 3.05) is 13.1 Å². The third-order valence-electron chi connectivity index (χ3n) is 4.32. The van der Waals surface area contributed by atoms with Gasteiger partial charge >= 0.3 is 0 Å². The van der Waals surface area contributed by atoms with Gasteiger partial charge in [0, 0.05) is 30.1 Å². The van der Waals surface area contributed by atoms with Crippen LogP contribution in [0, 0.1) is 16.0 Å². The highest BCUT2D eigenvalue weighted by Gasteiger charge is 2.24. The summed E-state index contributed by atoms with van der Waals surface area (Å²) in [4.78, 5) is 27.2. The van der Waals surface area contributed by atoms with Crippen LogP contribution < -0.4 is 10.6 Å². The van der Waals surface area contributed by atoms with Crippen LogP contribution in [0.3, 0.4) is 0 Å². The van der Waals surface area contributed by atoms with Crippen LogP contribution in [-0.4, -0.2) is 39.5 Å². The van der Waals surface area contributed by atoms with Gasteiger partial charge in [-0.15, -0.1) is 0 Å². The maximum absolute atomic E-state index is 12.5. The molecular formula is C16H19N5O3. The van der Waals surface area contributed by atoms with Crippen molar-refractivity contribution < 1.29 is 9.72 Å². The topological polar surface area (TPSA) is 102 Å². The number of nitrogens with zero attached hydrogens (tertiary/aromatic N) is 3. The maximum atomic E-state index is 12.5. The van der Waals surface area contributed by atoms with E-state index in [1.165, 1.54) is 12.4 Å². The van der Waals surface area contributed by atoms with Crippen LogP contribution in [0.1, 0.15) is 23.7 Å². The van der Waals surface area contributed by atoms with E-state index in [1.807, 2.05) is 0 Å². The quantitative estimate of drug-likeness (QED) is 0.654. The second-order valence-corrected chi connectivity index (χ2v) is 5.98. The molecule has 0 radical (unpaired) electrons. The number of benzene rings is 1. The fraction of sp³-hybridized carbons (Fsp3) is 0.375. The Labute approximate surface area is 139 Å². The normalized spacial score (nSPS) is 20.5. The maximum Gasteiger partial charge on any atom is 0.294 e. The van der Waals surface area contributed by atoms with Crippen LogP contribution in [0.2, 0.25) is 0 Å². The minimum Gasteiger partial charge on any atom is -0.349 e. The molecule has 1 aromatic carbocycles. The summed E-state index contributed by atoms with van der Waals surface area (Å²) in [6.45, 7) is 3.78. The zero-order valence-electron chi connectivity index (χ0n) is 13.3. The molecule has 0 spiro atoms.